The van der Waals surface area contributed by atoms with Gasteiger partial charge in [-0.1, -0.05) is 23.7 Å². The van der Waals surface area contributed by atoms with E-state index in [1.807, 2.05) is 37.3 Å². The Kier molecular flexibility index (Phi) is 6.58. The number of rotatable bonds is 6. The van der Waals surface area contributed by atoms with Crippen LogP contribution < -0.4 is 14.4 Å². The van der Waals surface area contributed by atoms with E-state index in [2.05, 4.69) is 17.1 Å². The number of quaternary nitrogens is 1. The van der Waals surface area contributed by atoms with Crippen molar-refractivity contribution in [1.29, 1.82) is 0 Å². The molecule has 1 fully saturated rings. The fourth-order valence-corrected chi connectivity index (χ4v) is 3.44. The summed E-state index contributed by atoms with van der Waals surface area (Å²) >= 11 is 5.97. The van der Waals surface area contributed by atoms with Crippen LogP contribution >= 0.6 is 11.6 Å². The average Bonchev–Trinajstić information content (AvgIpc) is 2.70. The zero-order chi connectivity index (χ0) is 19.2. The van der Waals surface area contributed by atoms with Crippen LogP contribution in [-0.2, 0) is 6.54 Å². The van der Waals surface area contributed by atoms with E-state index in [9.17, 15) is 0 Å². The van der Waals surface area contributed by atoms with E-state index < -0.39 is 0 Å². The first-order valence-electron chi connectivity index (χ1n) is 9.19. The summed E-state index contributed by atoms with van der Waals surface area (Å²) in [6.07, 6.45) is 0. The number of halogens is 1. The number of nitrogens with zero attached hydrogens (tertiary/aromatic N) is 2. The van der Waals surface area contributed by atoms with Crippen molar-refractivity contribution in [1.82, 2.24) is 5.01 Å². The maximum atomic E-state index is 5.97. The SMILES string of the molecule is COc1ccc(/C(C)=N/N2CC[NH+](Cc3ccc(Cl)cc3)CC2)cc1OC. The van der Waals surface area contributed by atoms with Gasteiger partial charge in [-0.3, -0.25) is 5.01 Å². The summed E-state index contributed by atoms with van der Waals surface area (Å²) in [4.78, 5) is 1.58. The second kappa shape index (κ2) is 9.11. The Morgan fingerprint density at radius 2 is 1.70 bits per heavy atom. The number of nitrogens with one attached hydrogen (secondary N) is 1. The molecule has 1 N–H and O–H groups in total. The molecule has 0 aromatic heterocycles. The standard InChI is InChI=1S/C21H26ClN3O2/c1-16(18-6-9-20(26-2)21(14-18)27-3)23-25-12-10-24(11-13-25)15-17-4-7-19(22)8-5-17/h4-9,14H,10-13,15H2,1-3H3/p+1/b23-16+. The van der Waals surface area contributed by atoms with E-state index in [1.54, 1.807) is 19.1 Å². The monoisotopic (exact) mass is 388 g/mol. The molecule has 2 aromatic rings. The highest BCUT2D eigenvalue weighted by molar-refractivity contribution is 6.30. The topological polar surface area (TPSA) is 38.5 Å². The number of ether oxygens (including phenoxy) is 2. The van der Waals surface area contributed by atoms with Gasteiger partial charge in [0.2, 0.25) is 0 Å². The lowest BCUT2D eigenvalue weighted by molar-refractivity contribution is -0.918. The van der Waals surface area contributed by atoms with Gasteiger partial charge in [0.25, 0.3) is 0 Å². The minimum Gasteiger partial charge on any atom is -0.493 e. The van der Waals surface area contributed by atoms with Crippen LogP contribution in [0.15, 0.2) is 47.6 Å². The van der Waals surface area contributed by atoms with Crippen molar-refractivity contribution in [2.45, 2.75) is 13.5 Å². The Hall–Kier alpha value is -2.24. The second-order valence-electron chi connectivity index (χ2n) is 6.76. The van der Waals surface area contributed by atoms with E-state index in [0.717, 1.165) is 60.5 Å². The van der Waals surface area contributed by atoms with Crippen LogP contribution in [0.3, 0.4) is 0 Å². The molecule has 1 aliphatic rings. The smallest absolute Gasteiger partial charge is 0.161 e. The van der Waals surface area contributed by atoms with Crippen LogP contribution in [-0.4, -0.2) is 51.1 Å². The Labute approximate surface area is 166 Å². The Morgan fingerprint density at radius 3 is 2.33 bits per heavy atom. The fraction of sp³-hybridized carbons (Fsp3) is 0.381. The fourth-order valence-electron chi connectivity index (χ4n) is 3.31. The summed E-state index contributed by atoms with van der Waals surface area (Å²) < 4.78 is 10.7. The number of hydrazone groups is 1. The van der Waals surface area contributed by atoms with Crippen molar-refractivity contribution in [3.05, 3.63) is 58.6 Å². The van der Waals surface area contributed by atoms with Crippen LogP contribution in [0.1, 0.15) is 18.1 Å². The van der Waals surface area contributed by atoms with E-state index >= 15 is 0 Å². The van der Waals surface area contributed by atoms with E-state index in [0.29, 0.717) is 0 Å². The molecular weight excluding hydrogens is 362 g/mol. The van der Waals surface area contributed by atoms with Crippen molar-refractivity contribution in [3.63, 3.8) is 0 Å². The predicted octanol–water partition coefficient (Wildman–Crippen LogP) is 2.48. The molecule has 0 aliphatic carbocycles. The Morgan fingerprint density at radius 1 is 1.04 bits per heavy atom. The summed E-state index contributed by atoms with van der Waals surface area (Å²) in [7, 11) is 3.29. The van der Waals surface area contributed by atoms with Crippen molar-refractivity contribution in [2.75, 3.05) is 40.4 Å². The van der Waals surface area contributed by atoms with E-state index in [1.165, 1.54) is 5.56 Å². The van der Waals surface area contributed by atoms with Crippen molar-refractivity contribution < 1.29 is 14.4 Å². The molecule has 1 saturated heterocycles. The molecule has 3 rings (SSSR count). The van der Waals surface area contributed by atoms with Gasteiger partial charge in [0.15, 0.2) is 11.5 Å². The molecular formula is C21H27ClN3O2+. The molecule has 2 aromatic carbocycles. The zero-order valence-corrected chi connectivity index (χ0v) is 16.9. The normalized spacial score (nSPS) is 15.7. The van der Waals surface area contributed by atoms with Gasteiger partial charge in [-0.25, -0.2) is 0 Å². The largest absolute Gasteiger partial charge is 0.493 e. The molecule has 5 nitrogen and oxygen atoms in total. The second-order valence-corrected chi connectivity index (χ2v) is 7.20. The van der Waals surface area contributed by atoms with Gasteiger partial charge in [-0.2, -0.15) is 5.10 Å². The summed E-state index contributed by atoms with van der Waals surface area (Å²) in [5.41, 5.74) is 3.36. The van der Waals surface area contributed by atoms with Gasteiger partial charge < -0.3 is 14.4 Å². The quantitative estimate of drug-likeness (QED) is 0.773. The maximum Gasteiger partial charge on any atom is 0.161 e. The lowest BCUT2D eigenvalue weighted by Gasteiger charge is -2.31. The summed E-state index contributed by atoms with van der Waals surface area (Å²) in [5, 5.41) is 7.77. The minimum absolute atomic E-state index is 0.724. The van der Waals surface area contributed by atoms with Crippen LogP contribution in [0.5, 0.6) is 11.5 Å². The van der Waals surface area contributed by atoms with Gasteiger partial charge in [-0.05, 0) is 37.3 Å². The van der Waals surface area contributed by atoms with Crippen LogP contribution in [0.25, 0.3) is 0 Å². The lowest BCUT2D eigenvalue weighted by Crippen LogP contribution is -3.13. The predicted molar refractivity (Wildman–Crippen MR) is 109 cm³/mol. The summed E-state index contributed by atoms with van der Waals surface area (Å²) in [6, 6.07) is 14.1. The molecule has 0 bridgehead atoms. The Balaban J connectivity index is 1.58. The van der Waals surface area contributed by atoms with E-state index in [-0.39, 0.29) is 0 Å². The molecule has 0 saturated carbocycles. The number of methoxy groups -OCH3 is 2. The molecule has 144 valence electrons. The summed E-state index contributed by atoms with van der Waals surface area (Å²) in [5.74, 6) is 1.45. The number of benzene rings is 2. The highest BCUT2D eigenvalue weighted by Crippen LogP contribution is 2.27. The third kappa shape index (κ3) is 5.15. The van der Waals surface area contributed by atoms with Gasteiger partial charge in [0.1, 0.15) is 6.54 Å². The molecule has 0 atom stereocenters. The molecule has 1 heterocycles. The van der Waals surface area contributed by atoms with E-state index in [4.69, 9.17) is 26.2 Å². The molecule has 0 spiro atoms. The summed E-state index contributed by atoms with van der Waals surface area (Å²) in [6.45, 7) is 7.12. The zero-order valence-electron chi connectivity index (χ0n) is 16.2. The van der Waals surface area contributed by atoms with Crippen LogP contribution in [0, 0.1) is 0 Å². The van der Waals surface area contributed by atoms with Crippen molar-refractivity contribution in [3.8, 4) is 11.5 Å². The highest BCUT2D eigenvalue weighted by atomic mass is 35.5. The number of piperazine rings is 1. The number of hydrogen-bond acceptors (Lipinski definition) is 4. The first-order chi connectivity index (χ1) is 13.1. The first-order valence-corrected chi connectivity index (χ1v) is 9.57. The average molecular weight is 389 g/mol. The maximum absolute atomic E-state index is 5.97. The minimum atomic E-state index is 0.724. The molecule has 0 amide bonds. The Bertz CT molecular complexity index is 785. The molecule has 0 radical (unpaired) electrons. The van der Waals surface area contributed by atoms with Crippen LogP contribution in [0.2, 0.25) is 5.02 Å². The third-order valence-electron chi connectivity index (χ3n) is 4.91. The molecule has 1 aliphatic heterocycles. The number of hydrogen-bond donors (Lipinski definition) is 1. The van der Waals surface area contributed by atoms with Gasteiger partial charge >= 0.3 is 0 Å². The van der Waals surface area contributed by atoms with Crippen molar-refractivity contribution in [2.24, 2.45) is 5.10 Å². The first kappa shape index (κ1) is 19.5. The van der Waals surface area contributed by atoms with Gasteiger partial charge in [0.05, 0.1) is 46.1 Å². The molecule has 27 heavy (non-hydrogen) atoms. The lowest BCUT2D eigenvalue weighted by atomic mass is 10.1. The van der Waals surface area contributed by atoms with Gasteiger partial charge in [0, 0.05) is 16.1 Å². The van der Waals surface area contributed by atoms with Crippen LogP contribution in [0.4, 0.5) is 0 Å². The van der Waals surface area contributed by atoms with Crippen molar-refractivity contribution >= 4 is 17.3 Å². The highest BCUT2D eigenvalue weighted by Gasteiger charge is 2.19. The third-order valence-corrected chi connectivity index (χ3v) is 5.16. The molecule has 0 unspecified atom stereocenters. The van der Waals surface area contributed by atoms with Gasteiger partial charge in [-0.15, -0.1) is 0 Å². The molecule has 6 heteroatoms.